The molecule has 0 spiro atoms. The minimum absolute atomic E-state index is 0.0221. The summed E-state index contributed by atoms with van der Waals surface area (Å²) in [7, 11) is 0. The Labute approximate surface area is 108 Å². The Bertz CT molecular complexity index is 337. The molecule has 1 amide bonds. The lowest BCUT2D eigenvalue weighted by Crippen LogP contribution is -2.41. The van der Waals surface area contributed by atoms with E-state index in [9.17, 15) is 4.79 Å². The molecule has 18 heavy (non-hydrogen) atoms. The number of amides is 1. The number of carbonyl (C=O) groups is 1. The highest BCUT2D eigenvalue weighted by atomic mass is 16.2. The highest BCUT2D eigenvalue weighted by molar-refractivity contribution is 5.79. The van der Waals surface area contributed by atoms with Crippen LogP contribution in [-0.2, 0) is 4.79 Å². The molecule has 2 atom stereocenters. The van der Waals surface area contributed by atoms with E-state index in [2.05, 4.69) is 0 Å². The van der Waals surface area contributed by atoms with Gasteiger partial charge in [-0.3, -0.25) is 4.79 Å². The molecule has 0 radical (unpaired) electrons. The van der Waals surface area contributed by atoms with Gasteiger partial charge >= 0.3 is 0 Å². The molecule has 0 aromatic rings. The van der Waals surface area contributed by atoms with Crippen LogP contribution >= 0.6 is 0 Å². The summed E-state index contributed by atoms with van der Waals surface area (Å²) >= 11 is 0. The van der Waals surface area contributed by atoms with Gasteiger partial charge in [-0.15, -0.1) is 0 Å². The Morgan fingerprint density at radius 1 is 1.22 bits per heavy atom. The smallest absolute Gasteiger partial charge is 0.225 e. The summed E-state index contributed by atoms with van der Waals surface area (Å²) in [6.07, 6.45) is 4.21. The van der Waals surface area contributed by atoms with E-state index in [-0.39, 0.29) is 17.9 Å². The van der Waals surface area contributed by atoms with Crippen molar-refractivity contribution >= 4 is 5.91 Å². The molecule has 5 heteroatoms. The fraction of sp³-hybridized carbons (Fsp3) is 0.769. The number of hydrogen-bond donors (Lipinski definition) is 1. The van der Waals surface area contributed by atoms with Crippen LogP contribution in [0.3, 0.4) is 0 Å². The predicted molar refractivity (Wildman–Crippen MR) is 67.0 cm³/mol. The molecule has 2 N–H and O–H groups in total. The third-order valence-electron chi connectivity index (χ3n) is 3.36. The lowest BCUT2D eigenvalue weighted by Gasteiger charge is -2.30. The number of hydrogen-bond acceptors (Lipinski definition) is 4. The maximum Gasteiger partial charge on any atom is 0.225 e. The normalized spacial score (nSPS) is 22.8. The van der Waals surface area contributed by atoms with E-state index < -0.39 is 0 Å². The van der Waals surface area contributed by atoms with Gasteiger partial charge in [0, 0.05) is 25.0 Å². The maximum atomic E-state index is 12.3. The van der Waals surface area contributed by atoms with Crippen LogP contribution in [0, 0.1) is 28.6 Å². The topological polar surface area (TPSA) is 93.9 Å². The summed E-state index contributed by atoms with van der Waals surface area (Å²) in [5, 5.41) is 17.2. The fourth-order valence-electron chi connectivity index (χ4n) is 2.41. The number of nitrogens with two attached hydrogens (primary N) is 1. The fourth-order valence-corrected chi connectivity index (χ4v) is 2.41. The second-order valence-corrected chi connectivity index (χ2v) is 4.77. The van der Waals surface area contributed by atoms with Crippen LogP contribution in [-0.4, -0.2) is 29.9 Å². The summed E-state index contributed by atoms with van der Waals surface area (Å²) in [5.74, 6) is 0.0433. The van der Waals surface area contributed by atoms with Gasteiger partial charge in [-0.25, -0.2) is 0 Å². The second kappa shape index (κ2) is 7.68. The Balaban J connectivity index is 2.57. The van der Waals surface area contributed by atoms with Crippen LogP contribution in [0.25, 0.3) is 0 Å². The molecular formula is C13H20N4O. The molecule has 0 aromatic carbocycles. The van der Waals surface area contributed by atoms with Crippen molar-refractivity contribution in [3.63, 3.8) is 0 Å². The molecule has 1 aliphatic rings. The van der Waals surface area contributed by atoms with Gasteiger partial charge in [-0.1, -0.05) is 6.42 Å². The zero-order chi connectivity index (χ0) is 13.4. The molecule has 98 valence electrons. The second-order valence-electron chi connectivity index (χ2n) is 4.77. The van der Waals surface area contributed by atoms with Crippen molar-refractivity contribution in [1.29, 1.82) is 10.5 Å². The minimum Gasteiger partial charge on any atom is -0.340 e. The first-order valence-corrected chi connectivity index (χ1v) is 6.47. The van der Waals surface area contributed by atoms with Crippen molar-refractivity contribution in [3.05, 3.63) is 0 Å². The first-order valence-electron chi connectivity index (χ1n) is 6.47. The molecule has 0 aromatic heterocycles. The van der Waals surface area contributed by atoms with Crippen molar-refractivity contribution in [1.82, 2.24) is 4.90 Å². The Morgan fingerprint density at radius 3 is 2.33 bits per heavy atom. The molecule has 0 aliphatic heterocycles. The average Bonchev–Trinajstić information content (AvgIpc) is 2.38. The van der Waals surface area contributed by atoms with Gasteiger partial charge in [-0.2, -0.15) is 10.5 Å². The number of rotatable bonds is 5. The van der Waals surface area contributed by atoms with Crippen molar-refractivity contribution < 1.29 is 4.79 Å². The lowest BCUT2D eigenvalue weighted by atomic mass is 9.85. The quantitative estimate of drug-likeness (QED) is 0.789. The Kier molecular flexibility index (Phi) is 6.18. The van der Waals surface area contributed by atoms with Gasteiger partial charge in [-0.05, 0) is 19.3 Å². The first kappa shape index (κ1) is 14.5. The van der Waals surface area contributed by atoms with E-state index in [0.29, 0.717) is 25.9 Å². The minimum atomic E-state index is -0.0221. The zero-order valence-electron chi connectivity index (χ0n) is 10.6. The molecule has 2 unspecified atom stereocenters. The largest absolute Gasteiger partial charge is 0.340 e. The molecule has 0 bridgehead atoms. The summed E-state index contributed by atoms with van der Waals surface area (Å²) in [4.78, 5) is 14.0. The predicted octanol–water partition coefficient (Wildman–Crippen LogP) is 1.16. The SMILES string of the molecule is N#CCCN(CCC#N)C(=O)C1CCCC(N)C1. The van der Waals surface area contributed by atoms with E-state index in [1.54, 1.807) is 4.90 Å². The molecule has 5 nitrogen and oxygen atoms in total. The van der Waals surface area contributed by atoms with Gasteiger partial charge in [0.15, 0.2) is 0 Å². The molecule has 1 fully saturated rings. The number of nitriles is 2. The van der Waals surface area contributed by atoms with Crippen LogP contribution in [0.4, 0.5) is 0 Å². The maximum absolute atomic E-state index is 12.3. The monoisotopic (exact) mass is 248 g/mol. The van der Waals surface area contributed by atoms with E-state index >= 15 is 0 Å². The lowest BCUT2D eigenvalue weighted by molar-refractivity contribution is -0.136. The highest BCUT2D eigenvalue weighted by Crippen LogP contribution is 2.25. The summed E-state index contributed by atoms with van der Waals surface area (Å²) in [6.45, 7) is 0.839. The van der Waals surface area contributed by atoms with Crippen LogP contribution in [0.2, 0.25) is 0 Å². The van der Waals surface area contributed by atoms with Crippen LogP contribution in [0.1, 0.15) is 38.5 Å². The summed E-state index contributed by atoms with van der Waals surface area (Å²) in [5.41, 5.74) is 5.89. The molecular weight excluding hydrogens is 228 g/mol. The molecule has 1 rings (SSSR count). The molecule has 0 heterocycles. The standard InChI is InChI=1S/C13H20N4O/c14-6-2-8-17(9-3-7-15)13(18)11-4-1-5-12(16)10-11/h11-12H,1-5,8-10,16H2. The van der Waals surface area contributed by atoms with E-state index in [0.717, 1.165) is 25.7 Å². The number of nitrogens with zero attached hydrogens (tertiary/aromatic N) is 3. The molecule has 0 saturated heterocycles. The van der Waals surface area contributed by atoms with Gasteiger partial charge < -0.3 is 10.6 Å². The van der Waals surface area contributed by atoms with Crippen LogP contribution in [0.15, 0.2) is 0 Å². The van der Waals surface area contributed by atoms with Crippen molar-refractivity contribution in [2.24, 2.45) is 11.7 Å². The average molecular weight is 248 g/mol. The number of carbonyl (C=O) groups excluding carboxylic acids is 1. The van der Waals surface area contributed by atoms with Crippen molar-refractivity contribution in [3.8, 4) is 12.1 Å². The van der Waals surface area contributed by atoms with Gasteiger partial charge in [0.05, 0.1) is 25.0 Å². The third kappa shape index (κ3) is 4.35. The summed E-state index contributed by atoms with van der Waals surface area (Å²) < 4.78 is 0. The molecule has 1 saturated carbocycles. The van der Waals surface area contributed by atoms with Gasteiger partial charge in [0.25, 0.3) is 0 Å². The zero-order valence-corrected chi connectivity index (χ0v) is 10.6. The van der Waals surface area contributed by atoms with E-state index in [1.165, 1.54) is 0 Å². The summed E-state index contributed by atoms with van der Waals surface area (Å²) in [6, 6.07) is 4.19. The Hall–Kier alpha value is -1.59. The third-order valence-corrected chi connectivity index (χ3v) is 3.36. The van der Waals surface area contributed by atoms with Crippen LogP contribution in [0.5, 0.6) is 0 Å². The molecule has 1 aliphatic carbocycles. The van der Waals surface area contributed by atoms with E-state index in [4.69, 9.17) is 16.3 Å². The first-order chi connectivity index (χ1) is 8.69. The van der Waals surface area contributed by atoms with Gasteiger partial charge in [0.1, 0.15) is 0 Å². The van der Waals surface area contributed by atoms with Crippen LogP contribution < -0.4 is 5.73 Å². The van der Waals surface area contributed by atoms with Gasteiger partial charge in [0.2, 0.25) is 5.91 Å². The van der Waals surface area contributed by atoms with Crippen molar-refractivity contribution in [2.45, 2.75) is 44.6 Å². The Morgan fingerprint density at radius 2 is 1.83 bits per heavy atom. The highest BCUT2D eigenvalue weighted by Gasteiger charge is 2.28. The van der Waals surface area contributed by atoms with E-state index in [1.807, 2.05) is 12.1 Å². The van der Waals surface area contributed by atoms with Crippen molar-refractivity contribution in [2.75, 3.05) is 13.1 Å².